The summed E-state index contributed by atoms with van der Waals surface area (Å²) in [6.45, 7) is -0.00523. The van der Waals surface area contributed by atoms with Gasteiger partial charge in [0.1, 0.15) is 0 Å². The summed E-state index contributed by atoms with van der Waals surface area (Å²) in [6.07, 6.45) is 0.227. The quantitative estimate of drug-likeness (QED) is 0.409. The number of hydrogen-bond acceptors (Lipinski definition) is 6. The lowest BCUT2D eigenvalue weighted by molar-refractivity contribution is -0.144. The Hall–Kier alpha value is -2.54. The second-order valence-electron chi connectivity index (χ2n) is 8.26. The van der Waals surface area contributed by atoms with Crippen molar-refractivity contribution in [2.75, 3.05) is 32.8 Å². The molecule has 32 heavy (non-hydrogen) atoms. The molecule has 1 aliphatic heterocycles. The zero-order valence-corrected chi connectivity index (χ0v) is 17.8. The number of esters is 1. The van der Waals surface area contributed by atoms with Gasteiger partial charge >= 0.3 is 12.6 Å². The normalized spacial score (nSPS) is 20.3. The second kappa shape index (κ2) is 9.94. The maximum Gasteiger partial charge on any atom is 0.387 e. The molecule has 6 nitrogen and oxygen atoms in total. The number of hydrogen-bond donors (Lipinski definition) is 0. The monoisotopic (exact) mass is 458 g/mol. The van der Waals surface area contributed by atoms with Gasteiger partial charge in [-0.1, -0.05) is 6.07 Å². The molecule has 1 aromatic carbocycles. The first-order valence-corrected chi connectivity index (χ1v) is 10.6. The molecule has 2 fully saturated rings. The van der Waals surface area contributed by atoms with Crippen LogP contribution in [0.3, 0.4) is 0 Å². The number of carbonyl (C=O) groups excluding carboxylic acids is 1. The maximum absolute atomic E-state index is 13.1. The number of nitrogens with zero attached hydrogens (tertiary/aromatic N) is 2. The molecule has 3 rings (SSSR count). The summed E-state index contributed by atoms with van der Waals surface area (Å²) < 4.78 is 66.8. The lowest BCUT2D eigenvalue weighted by Crippen LogP contribution is -2.44. The summed E-state index contributed by atoms with van der Waals surface area (Å²) in [5.41, 5.74) is -0.317. The zero-order valence-electron chi connectivity index (χ0n) is 17.8. The fourth-order valence-corrected chi connectivity index (χ4v) is 4.17. The van der Waals surface area contributed by atoms with Crippen LogP contribution in [0.25, 0.3) is 0 Å². The van der Waals surface area contributed by atoms with Crippen LogP contribution in [0.1, 0.15) is 38.2 Å². The molecular formula is C22H26F4N2O4. The van der Waals surface area contributed by atoms with Crippen LogP contribution in [-0.2, 0) is 14.9 Å². The van der Waals surface area contributed by atoms with Gasteiger partial charge in [-0.05, 0) is 37.5 Å². The van der Waals surface area contributed by atoms with Gasteiger partial charge in [0.05, 0.1) is 31.2 Å². The average Bonchev–Trinajstić information content (AvgIpc) is 2.72. The van der Waals surface area contributed by atoms with Gasteiger partial charge in [-0.2, -0.15) is 14.0 Å². The summed E-state index contributed by atoms with van der Waals surface area (Å²) in [5, 5.41) is 9.94. The van der Waals surface area contributed by atoms with E-state index in [2.05, 4.69) is 10.8 Å². The molecule has 0 N–H and O–H groups in total. The lowest BCUT2D eigenvalue weighted by Gasteiger charge is -2.37. The molecule has 10 heteroatoms. The van der Waals surface area contributed by atoms with Crippen molar-refractivity contribution in [2.24, 2.45) is 5.92 Å². The molecule has 1 heterocycles. The van der Waals surface area contributed by atoms with Crippen molar-refractivity contribution >= 4 is 5.97 Å². The molecule has 0 atom stereocenters. The van der Waals surface area contributed by atoms with Gasteiger partial charge < -0.3 is 14.2 Å². The van der Waals surface area contributed by atoms with E-state index in [9.17, 15) is 27.6 Å². The van der Waals surface area contributed by atoms with E-state index < -0.39 is 17.9 Å². The molecule has 0 bridgehead atoms. The second-order valence-corrected chi connectivity index (χ2v) is 8.26. The van der Waals surface area contributed by atoms with Crippen LogP contribution < -0.4 is 9.47 Å². The minimum absolute atomic E-state index is 0.00148. The summed E-state index contributed by atoms with van der Waals surface area (Å²) >= 11 is 0. The first-order valence-electron chi connectivity index (χ1n) is 10.6. The van der Waals surface area contributed by atoms with Gasteiger partial charge in [0, 0.05) is 31.8 Å². The molecule has 0 radical (unpaired) electrons. The van der Waals surface area contributed by atoms with Crippen LogP contribution >= 0.6 is 0 Å². The van der Waals surface area contributed by atoms with Crippen molar-refractivity contribution in [1.29, 1.82) is 5.26 Å². The summed E-state index contributed by atoms with van der Waals surface area (Å²) in [5.74, 6) is -3.61. The molecule has 2 aliphatic rings. The first kappa shape index (κ1) is 24.1. The molecular weight excluding hydrogens is 432 g/mol. The molecule has 0 unspecified atom stereocenters. The molecule has 1 aromatic rings. The highest BCUT2D eigenvalue weighted by Gasteiger charge is 2.45. The van der Waals surface area contributed by atoms with Crippen molar-refractivity contribution in [3.8, 4) is 17.6 Å². The lowest BCUT2D eigenvalue weighted by atomic mass is 9.74. The third kappa shape index (κ3) is 5.82. The van der Waals surface area contributed by atoms with Crippen LogP contribution in [0.15, 0.2) is 18.2 Å². The third-order valence-corrected chi connectivity index (χ3v) is 5.94. The largest absolute Gasteiger partial charge is 0.489 e. The minimum atomic E-state index is -3.08. The number of nitriles is 1. The van der Waals surface area contributed by atoms with E-state index in [1.165, 1.54) is 12.1 Å². The van der Waals surface area contributed by atoms with E-state index in [4.69, 9.17) is 9.47 Å². The Labute approximate surface area is 184 Å². The average molecular weight is 458 g/mol. The SMILES string of the molecule is CCOC(=O)CN1CCC(C#N)(c2ccc(OC(F)F)c(OCC3CC(F)(F)C3)c2)CC1. The van der Waals surface area contributed by atoms with Crippen molar-refractivity contribution in [2.45, 2.75) is 50.6 Å². The van der Waals surface area contributed by atoms with Crippen molar-refractivity contribution in [3.63, 3.8) is 0 Å². The minimum Gasteiger partial charge on any atom is -0.489 e. The Kier molecular flexibility index (Phi) is 7.49. The van der Waals surface area contributed by atoms with Gasteiger partial charge in [0.15, 0.2) is 11.5 Å². The van der Waals surface area contributed by atoms with Crippen LogP contribution in [-0.4, -0.2) is 56.3 Å². The van der Waals surface area contributed by atoms with Crippen LogP contribution in [0, 0.1) is 17.2 Å². The number of alkyl halides is 4. The van der Waals surface area contributed by atoms with Crippen molar-refractivity contribution in [1.82, 2.24) is 4.90 Å². The predicted octanol–water partition coefficient (Wildman–Crippen LogP) is 4.13. The van der Waals surface area contributed by atoms with Gasteiger partial charge in [0.2, 0.25) is 5.92 Å². The summed E-state index contributed by atoms with van der Waals surface area (Å²) in [4.78, 5) is 13.6. The van der Waals surface area contributed by atoms with E-state index >= 15 is 0 Å². The van der Waals surface area contributed by atoms with Gasteiger partial charge in [-0.3, -0.25) is 9.69 Å². The topological polar surface area (TPSA) is 71.8 Å². The standard InChI is InChI=1S/C22H26F4N2O4/c1-2-30-19(29)12-28-7-5-21(14-27,6-8-28)16-3-4-17(32-20(23)24)18(9-16)31-13-15-10-22(25,26)11-15/h3-4,9,15,20H,2,5-8,10-13H2,1H3. The molecule has 0 amide bonds. The number of rotatable bonds is 9. The fraction of sp³-hybridized carbons (Fsp3) is 0.636. The smallest absolute Gasteiger partial charge is 0.387 e. The Morgan fingerprint density at radius 1 is 1.25 bits per heavy atom. The number of halogens is 4. The van der Waals surface area contributed by atoms with Crippen molar-refractivity contribution < 1.29 is 36.6 Å². The van der Waals surface area contributed by atoms with Crippen LogP contribution in [0.2, 0.25) is 0 Å². The molecule has 0 aromatic heterocycles. The van der Waals surface area contributed by atoms with Crippen LogP contribution in [0.4, 0.5) is 17.6 Å². The van der Waals surface area contributed by atoms with E-state index in [1.54, 1.807) is 13.0 Å². The van der Waals surface area contributed by atoms with Crippen LogP contribution in [0.5, 0.6) is 11.5 Å². The van der Waals surface area contributed by atoms with E-state index in [0.717, 1.165) is 0 Å². The highest BCUT2D eigenvalue weighted by atomic mass is 19.3. The van der Waals surface area contributed by atoms with Gasteiger partial charge in [-0.25, -0.2) is 8.78 Å². The number of likely N-dealkylation sites (tertiary alicyclic amines) is 1. The van der Waals surface area contributed by atoms with E-state index in [0.29, 0.717) is 38.1 Å². The Morgan fingerprint density at radius 2 is 1.94 bits per heavy atom. The number of piperidine rings is 1. The summed E-state index contributed by atoms with van der Waals surface area (Å²) in [6, 6.07) is 6.68. The third-order valence-electron chi connectivity index (χ3n) is 5.94. The molecule has 1 saturated heterocycles. The zero-order chi connectivity index (χ0) is 23.4. The van der Waals surface area contributed by atoms with Gasteiger partial charge in [-0.15, -0.1) is 0 Å². The first-order chi connectivity index (χ1) is 15.2. The molecule has 176 valence electrons. The number of ether oxygens (including phenoxy) is 3. The van der Waals surface area contributed by atoms with Crippen molar-refractivity contribution in [3.05, 3.63) is 23.8 Å². The number of carbonyl (C=O) groups is 1. The van der Waals surface area contributed by atoms with E-state index in [1.807, 2.05) is 4.90 Å². The Bertz CT molecular complexity index is 843. The highest BCUT2D eigenvalue weighted by molar-refractivity contribution is 5.71. The maximum atomic E-state index is 13.1. The molecule has 0 spiro atoms. The summed E-state index contributed by atoms with van der Waals surface area (Å²) in [7, 11) is 0. The predicted molar refractivity (Wildman–Crippen MR) is 106 cm³/mol. The Morgan fingerprint density at radius 3 is 2.50 bits per heavy atom. The Balaban J connectivity index is 1.72. The number of benzene rings is 1. The molecule has 1 saturated carbocycles. The molecule has 1 aliphatic carbocycles. The van der Waals surface area contributed by atoms with E-state index in [-0.39, 0.29) is 49.4 Å². The fourth-order valence-electron chi connectivity index (χ4n) is 4.17. The van der Waals surface area contributed by atoms with Gasteiger partial charge in [0.25, 0.3) is 0 Å². The highest BCUT2D eigenvalue weighted by Crippen LogP contribution is 2.44.